The standard InChI is InChI=1S/C25H30N4O2/c1-16-8-9-24(2)23(30)29-20-15-17(28-11-13-31-14-12-28)6-7-19(20)27-22-18(5-4-10-26-22)21(29)25(16,24)3/h4-7,10,15-16,21H,8-9,11-14H2,1-3H3,(H,26,27)/t16-,21?,24-,25?/m0/s1. The first-order valence-corrected chi connectivity index (χ1v) is 11.5. The second-order valence-electron chi connectivity index (χ2n) is 10.00. The van der Waals surface area contributed by atoms with Crippen LogP contribution in [-0.4, -0.2) is 37.2 Å². The van der Waals surface area contributed by atoms with Gasteiger partial charge in [0.1, 0.15) is 5.82 Å². The number of hydrogen-bond donors (Lipinski definition) is 1. The molecule has 1 aromatic heterocycles. The number of fused-ring (bicyclic) bond motifs is 7. The molecule has 1 amide bonds. The van der Waals surface area contributed by atoms with Crippen molar-refractivity contribution in [2.24, 2.45) is 16.7 Å². The van der Waals surface area contributed by atoms with Crippen LogP contribution in [0.1, 0.15) is 45.2 Å². The van der Waals surface area contributed by atoms with Gasteiger partial charge in [-0.05, 0) is 43.0 Å². The molecule has 2 aromatic rings. The second kappa shape index (κ2) is 6.45. The summed E-state index contributed by atoms with van der Waals surface area (Å²) < 4.78 is 5.54. The number of nitrogens with one attached hydrogen (secondary N) is 1. The molecule has 162 valence electrons. The lowest BCUT2D eigenvalue weighted by atomic mass is 9.62. The van der Waals surface area contributed by atoms with E-state index in [9.17, 15) is 4.79 Å². The third-order valence-electron chi connectivity index (χ3n) is 8.81. The van der Waals surface area contributed by atoms with Gasteiger partial charge < -0.3 is 19.9 Å². The number of rotatable bonds is 1. The van der Waals surface area contributed by atoms with E-state index < -0.39 is 0 Å². The Kier molecular flexibility index (Phi) is 3.98. The van der Waals surface area contributed by atoms with Crippen molar-refractivity contribution in [1.82, 2.24) is 4.98 Å². The van der Waals surface area contributed by atoms with E-state index in [4.69, 9.17) is 9.72 Å². The highest BCUT2D eigenvalue weighted by atomic mass is 16.5. The molecule has 0 spiro atoms. The predicted octanol–water partition coefficient (Wildman–Crippen LogP) is 4.51. The molecule has 4 aliphatic rings. The fourth-order valence-corrected chi connectivity index (χ4v) is 6.60. The molecule has 6 heteroatoms. The summed E-state index contributed by atoms with van der Waals surface area (Å²) in [5.41, 5.74) is 3.68. The van der Waals surface area contributed by atoms with Crippen molar-refractivity contribution < 1.29 is 9.53 Å². The van der Waals surface area contributed by atoms with E-state index in [0.29, 0.717) is 5.92 Å². The average Bonchev–Trinajstić information content (AvgIpc) is 3.06. The molecule has 31 heavy (non-hydrogen) atoms. The lowest BCUT2D eigenvalue weighted by Crippen LogP contribution is -2.38. The largest absolute Gasteiger partial charge is 0.378 e. The smallest absolute Gasteiger partial charge is 0.234 e. The number of benzene rings is 1. The van der Waals surface area contributed by atoms with Gasteiger partial charge in [-0.25, -0.2) is 4.98 Å². The molecule has 2 unspecified atom stereocenters. The molecular formula is C25H30N4O2. The number of carbonyl (C=O) groups excluding carboxylic acids is 1. The summed E-state index contributed by atoms with van der Waals surface area (Å²) in [6.45, 7) is 10.1. The fourth-order valence-electron chi connectivity index (χ4n) is 6.60. The number of pyridine rings is 1. The van der Waals surface area contributed by atoms with E-state index in [-0.39, 0.29) is 22.8 Å². The molecule has 6 nitrogen and oxygen atoms in total. The van der Waals surface area contributed by atoms with E-state index in [1.54, 1.807) is 0 Å². The third-order valence-corrected chi connectivity index (χ3v) is 8.81. The Hall–Kier alpha value is -2.60. The van der Waals surface area contributed by atoms with Crippen molar-refractivity contribution in [3.05, 3.63) is 42.1 Å². The van der Waals surface area contributed by atoms with Gasteiger partial charge in [0, 0.05) is 36.0 Å². The lowest BCUT2D eigenvalue weighted by Gasteiger charge is -2.40. The number of amides is 1. The van der Waals surface area contributed by atoms with Crippen molar-refractivity contribution >= 4 is 28.8 Å². The average molecular weight is 419 g/mol. The summed E-state index contributed by atoms with van der Waals surface area (Å²) in [5, 5.41) is 3.56. The van der Waals surface area contributed by atoms with Crippen LogP contribution in [0, 0.1) is 16.7 Å². The number of aromatic nitrogens is 1. The molecule has 1 N–H and O–H groups in total. The molecule has 1 saturated carbocycles. The quantitative estimate of drug-likeness (QED) is 0.739. The number of nitrogens with zero attached hydrogens (tertiary/aromatic N) is 3. The number of hydrogen-bond acceptors (Lipinski definition) is 5. The Morgan fingerprint density at radius 3 is 2.81 bits per heavy atom. The number of carbonyl (C=O) groups is 1. The van der Waals surface area contributed by atoms with Crippen LogP contribution < -0.4 is 15.1 Å². The van der Waals surface area contributed by atoms with Crippen molar-refractivity contribution in [2.45, 2.75) is 39.7 Å². The Morgan fingerprint density at radius 2 is 2.00 bits per heavy atom. The van der Waals surface area contributed by atoms with Gasteiger partial charge in [-0.2, -0.15) is 0 Å². The summed E-state index contributed by atoms with van der Waals surface area (Å²) in [5.74, 6) is 1.57. The first-order chi connectivity index (χ1) is 14.9. The molecule has 4 atom stereocenters. The Balaban J connectivity index is 1.57. The van der Waals surface area contributed by atoms with Crippen molar-refractivity contribution in [2.75, 3.05) is 41.4 Å². The molecule has 6 rings (SSSR count). The van der Waals surface area contributed by atoms with E-state index in [2.05, 4.69) is 60.2 Å². The molecule has 3 aliphatic heterocycles. The minimum Gasteiger partial charge on any atom is -0.378 e. The summed E-state index contributed by atoms with van der Waals surface area (Å²) in [7, 11) is 0. The van der Waals surface area contributed by atoms with Gasteiger partial charge in [0.05, 0.1) is 36.0 Å². The third kappa shape index (κ3) is 2.37. The minimum atomic E-state index is -0.367. The highest BCUT2D eigenvalue weighted by Crippen LogP contribution is 2.70. The van der Waals surface area contributed by atoms with Crippen LogP contribution in [-0.2, 0) is 9.53 Å². The molecule has 1 aromatic carbocycles. The van der Waals surface area contributed by atoms with Crippen molar-refractivity contribution in [3.8, 4) is 0 Å². The SMILES string of the molecule is C[C@H]1CC[C@@]2(C)C(=O)N3c4cc(N5CCOCC5)ccc4Nc4ncccc4C3C12C. The predicted molar refractivity (Wildman–Crippen MR) is 122 cm³/mol. The van der Waals surface area contributed by atoms with Gasteiger partial charge >= 0.3 is 0 Å². The maximum absolute atomic E-state index is 14.2. The van der Waals surface area contributed by atoms with Crippen LogP contribution in [0.2, 0.25) is 0 Å². The summed E-state index contributed by atoms with van der Waals surface area (Å²) >= 11 is 0. The van der Waals surface area contributed by atoms with E-state index >= 15 is 0 Å². The summed E-state index contributed by atoms with van der Waals surface area (Å²) in [6.07, 6.45) is 3.87. The molecule has 2 saturated heterocycles. The van der Waals surface area contributed by atoms with Gasteiger partial charge in [-0.1, -0.05) is 26.8 Å². The lowest BCUT2D eigenvalue weighted by molar-refractivity contribution is -0.127. The highest BCUT2D eigenvalue weighted by molar-refractivity contribution is 6.06. The molecule has 1 aliphatic carbocycles. The van der Waals surface area contributed by atoms with Gasteiger partial charge in [-0.3, -0.25) is 4.79 Å². The van der Waals surface area contributed by atoms with Gasteiger partial charge in [0.2, 0.25) is 5.91 Å². The fraction of sp³-hybridized carbons (Fsp3) is 0.520. The van der Waals surface area contributed by atoms with E-state index in [1.165, 1.54) is 0 Å². The molecule has 3 fully saturated rings. The van der Waals surface area contributed by atoms with E-state index in [1.807, 2.05) is 12.3 Å². The van der Waals surface area contributed by atoms with Crippen molar-refractivity contribution in [1.29, 1.82) is 0 Å². The minimum absolute atomic E-state index is 0.0279. The number of ether oxygens (including phenoxy) is 1. The van der Waals surface area contributed by atoms with Crippen LogP contribution in [0.25, 0.3) is 0 Å². The topological polar surface area (TPSA) is 57.7 Å². The van der Waals surface area contributed by atoms with Crippen LogP contribution in [0.3, 0.4) is 0 Å². The maximum Gasteiger partial charge on any atom is 0.234 e. The highest BCUT2D eigenvalue weighted by Gasteiger charge is 2.69. The van der Waals surface area contributed by atoms with Crippen LogP contribution in [0.5, 0.6) is 0 Å². The zero-order valence-electron chi connectivity index (χ0n) is 18.5. The second-order valence-corrected chi connectivity index (χ2v) is 10.00. The van der Waals surface area contributed by atoms with Gasteiger partial charge in [0.25, 0.3) is 0 Å². The zero-order valence-corrected chi connectivity index (χ0v) is 18.5. The Labute approximate surface area is 183 Å². The van der Waals surface area contributed by atoms with Crippen LogP contribution >= 0.6 is 0 Å². The molecular weight excluding hydrogens is 388 g/mol. The Morgan fingerprint density at radius 1 is 1.19 bits per heavy atom. The summed E-state index contributed by atoms with van der Waals surface area (Å²) in [4.78, 5) is 23.3. The molecule has 4 heterocycles. The maximum atomic E-state index is 14.2. The van der Waals surface area contributed by atoms with Crippen LogP contribution in [0.4, 0.5) is 22.9 Å². The first-order valence-electron chi connectivity index (χ1n) is 11.5. The Bertz CT molecular complexity index is 1070. The number of anilines is 4. The summed E-state index contributed by atoms with van der Waals surface area (Å²) in [6, 6.07) is 10.6. The molecule has 0 radical (unpaired) electrons. The van der Waals surface area contributed by atoms with Gasteiger partial charge in [-0.15, -0.1) is 0 Å². The zero-order chi connectivity index (χ0) is 21.4. The van der Waals surface area contributed by atoms with Crippen molar-refractivity contribution in [3.63, 3.8) is 0 Å². The monoisotopic (exact) mass is 418 g/mol. The first kappa shape index (κ1) is 19.1. The van der Waals surface area contributed by atoms with Gasteiger partial charge in [0.15, 0.2) is 0 Å². The number of morpholine rings is 1. The molecule has 0 bridgehead atoms. The van der Waals surface area contributed by atoms with E-state index in [0.717, 1.165) is 67.6 Å². The van der Waals surface area contributed by atoms with Crippen LogP contribution in [0.15, 0.2) is 36.5 Å². The normalized spacial score (nSPS) is 33.8.